The molecule has 0 radical (unpaired) electrons. The highest BCUT2D eigenvalue weighted by molar-refractivity contribution is 5.09. The molecule has 0 atom stereocenters. The minimum absolute atomic E-state index is 0.478. The lowest BCUT2D eigenvalue weighted by Crippen LogP contribution is -2.33. The van der Waals surface area contributed by atoms with Crippen LogP contribution in [0.15, 0.2) is 24.5 Å². The summed E-state index contributed by atoms with van der Waals surface area (Å²) in [5.41, 5.74) is 1.33. The lowest BCUT2D eigenvalue weighted by molar-refractivity contribution is 0.0276. The number of piperidine rings is 1. The molecule has 112 valence electrons. The molecule has 1 aromatic heterocycles. The second-order valence-electron chi connectivity index (χ2n) is 5.40. The van der Waals surface area contributed by atoms with Crippen molar-refractivity contribution in [2.24, 2.45) is 0 Å². The van der Waals surface area contributed by atoms with Crippen LogP contribution in [0.1, 0.15) is 31.7 Å². The Morgan fingerprint density at radius 2 is 2.05 bits per heavy atom. The maximum absolute atomic E-state index is 5.95. The number of hydrogen-bond acceptors (Lipinski definition) is 4. The smallest absolute Gasteiger partial charge is 0.0599 e. The van der Waals surface area contributed by atoms with Crippen LogP contribution in [-0.4, -0.2) is 48.8 Å². The first-order chi connectivity index (χ1) is 9.88. The zero-order valence-corrected chi connectivity index (χ0v) is 12.6. The Kier molecular flexibility index (Phi) is 6.98. The van der Waals surface area contributed by atoms with E-state index in [2.05, 4.69) is 34.3 Å². The summed E-state index contributed by atoms with van der Waals surface area (Å²) in [4.78, 5) is 6.52. The molecular formula is C16H27N3O. The highest BCUT2D eigenvalue weighted by atomic mass is 16.5. The minimum atomic E-state index is 0.478. The zero-order valence-electron chi connectivity index (χ0n) is 12.6. The average molecular weight is 277 g/mol. The van der Waals surface area contributed by atoms with Crippen molar-refractivity contribution in [1.29, 1.82) is 0 Å². The van der Waals surface area contributed by atoms with Gasteiger partial charge in [-0.1, -0.05) is 6.92 Å². The van der Waals surface area contributed by atoms with Crippen LogP contribution in [0.3, 0.4) is 0 Å². The van der Waals surface area contributed by atoms with Gasteiger partial charge in [0.1, 0.15) is 0 Å². The van der Waals surface area contributed by atoms with Crippen LogP contribution in [-0.2, 0) is 11.3 Å². The first-order valence-corrected chi connectivity index (χ1v) is 7.82. The number of pyridine rings is 1. The Bertz CT molecular complexity index is 352. The second-order valence-corrected chi connectivity index (χ2v) is 5.40. The lowest BCUT2D eigenvalue weighted by Gasteiger charge is -2.24. The molecule has 0 spiro atoms. The van der Waals surface area contributed by atoms with E-state index in [1.807, 2.05) is 12.4 Å². The predicted octanol–water partition coefficient (Wildman–Crippen LogP) is 2.06. The van der Waals surface area contributed by atoms with Crippen molar-refractivity contribution in [3.05, 3.63) is 30.1 Å². The van der Waals surface area contributed by atoms with Crippen molar-refractivity contribution < 1.29 is 4.74 Å². The Balaban J connectivity index is 1.61. The normalized spacial score (nSPS) is 16.7. The van der Waals surface area contributed by atoms with Gasteiger partial charge >= 0.3 is 0 Å². The summed E-state index contributed by atoms with van der Waals surface area (Å²) in [5.74, 6) is 0. The summed E-state index contributed by atoms with van der Waals surface area (Å²) in [7, 11) is 0. The molecule has 1 aromatic rings. The molecular weight excluding hydrogens is 250 g/mol. The van der Waals surface area contributed by atoms with Crippen LogP contribution in [0.5, 0.6) is 0 Å². The maximum atomic E-state index is 5.95. The van der Waals surface area contributed by atoms with E-state index < -0.39 is 0 Å². The highest BCUT2D eigenvalue weighted by Gasteiger charge is 2.12. The molecule has 20 heavy (non-hydrogen) atoms. The first kappa shape index (κ1) is 15.4. The van der Waals surface area contributed by atoms with Gasteiger partial charge in [0.2, 0.25) is 0 Å². The molecule has 4 heteroatoms. The van der Waals surface area contributed by atoms with E-state index >= 15 is 0 Å². The van der Waals surface area contributed by atoms with Gasteiger partial charge in [-0.05, 0) is 56.6 Å². The Morgan fingerprint density at radius 3 is 2.75 bits per heavy atom. The number of aromatic nitrogens is 1. The molecule has 1 aliphatic rings. The van der Waals surface area contributed by atoms with Gasteiger partial charge in [0.15, 0.2) is 0 Å². The van der Waals surface area contributed by atoms with Crippen molar-refractivity contribution in [2.75, 3.05) is 32.8 Å². The number of nitrogens with one attached hydrogen (secondary N) is 1. The molecule has 4 nitrogen and oxygen atoms in total. The maximum Gasteiger partial charge on any atom is 0.0599 e. The molecule has 2 heterocycles. The third kappa shape index (κ3) is 5.57. The number of hydrogen-bond donors (Lipinski definition) is 1. The van der Waals surface area contributed by atoms with Crippen LogP contribution in [0.4, 0.5) is 0 Å². The van der Waals surface area contributed by atoms with E-state index in [0.29, 0.717) is 6.10 Å². The van der Waals surface area contributed by atoms with Gasteiger partial charge in [-0.25, -0.2) is 0 Å². The fourth-order valence-electron chi connectivity index (χ4n) is 2.60. The summed E-state index contributed by atoms with van der Waals surface area (Å²) in [5, 5.41) is 3.37. The molecule has 1 fully saturated rings. The standard InChI is InChI=1S/C16H27N3O/c1-2-19(14-15-4-8-17-9-5-15)12-3-13-20-16-6-10-18-11-7-16/h4-5,8-9,16,18H,2-3,6-7,10-14H2,1H3. The third-order valence-corrected chi connectivity index (χ3v) is 3.86. The summed E-state index contributed by atoms with van der Waals surface area (Å²) in [6.07, 6.45) is 7.64. The lowest BCUT2D eigenvalue weighted by atomic mass is 10.1. The van der Waals surface area contributed by atoms with Gasteiger partial charge < -0.3 is 10.1 Å². The van der Waals surface area contributed by atoms with Gasteiger partial charge in [-0.2, -0.15) is 0 Å². The first-order valence-electron chi connectivity index (χ1n) is 7.82. The number of ether oxygens (including phenoxy) is 1. The van der Waals surface area contributed by atoms with Crippen LogP contribution in [0, 0.1) is 0 Å². The number of nitrogens with zero attached hydrogens (tertiary/aromatic N) is 2. The summed E-state index contributed by atoms with van der Waals surface area (Å²) in [6.45, 7) is 8.50. The molecule has 0 saturated carbocycles. The fraction of sp³-hybridized carbons (Fsp3) is 0.688. The molecule has 0 amide bonds. The molecule has 0 unspecified atom stereocenters. The van der Waals surface area contributed by atoms with Crippen molar-refractivity contribution in [1.82, 2.24) is 15.2 Å². The SMILES string of the molecule is CCN(CCCOC1CCNCC1)Cc1ccncc1. The summed E-state index contributed by atoms with van der Waals surface area (Å²) >= 11 is 0. The van der Waals surface area contributed by atoms with E-state index in [1.54, 1.807) is 0 Å². The Hall–Kier alpha value is -0.970. The van der Waals surface area contributed by atoms with Gasteiger partial charge in [-0.15, -0.1) is 0 Å². The van der Waals surface area contributed by atoms with E-state index in [9.17, 15) is 0 Å². The topological polar surface area (TPSA) is 37.4 Å². The molecule has 1 N–H and O–H groups in total. The van der Waals surface area contributed by atoms with Crippen molar-refractivity contribution in [3.8, 4) is 0 Å². The molecule has 2 rings (SSSR count). The summed E-state index contributed by atoms with van der Waals surface area (Å²) in [6, 6.07) is 4.18. The fourth-order valence-corrected chi connectivity index (χ4v) is 2.60. The van der Waals surface area contributed by atoms with Crippen molar-refractivity contribution >= 4 is 0 Å². The Morgan fingerprint density at radius 1 is 1.30 bits per heavy atom. The minimum Gasteiger partial charge on any atom is -0.378 e. The molecule has 1 saturated heterocycles. The largest absolute Gasteiger partial charge is 0.378 e. The average Bonchev–Trinajstić information content (AvgIpc) is 2.52. The van der Waals surface area contributed by atoms with Crippen LogP contribution in [0.2, 0.25) is 0 Å². The monoisotopic (exact) mass is 277 g/mol. The van der Waals surface area contributed by atoms with E-state index in [4.69, 9.17) is 4.74 Å². The van der Waals surface area contributed by atoms with Crippen LogP contribution in [0.25, 0.3) is 0 Å². The quantitative estimate of drug-likeness (QED) is 0.738. The molecule has 1 aliphatic heterocycles. The zero-order chi connectivity index (χ0) is 14.0. The predicted molar refractivity (Wildman–Crippen MR) is 81.6 cm³/mol. The number of rotatable bonds is 8. The molecule has 0 aliphatic carbocycles. The second kappa shape index (κ2) is 9.06. The van der Waals surface area contributed by atoms with Crippen LogP contribution < -0.4 is 5.32 Å². The Labute approximate surface area is 122 Å². The molecule has 0 bridgehead atoms. The van der Waals surface area contributed by atoms with Gasteiger partial charge in [0.05, 0.1) is 6.10 Å². The van der Waals surface area contributed by atoms with E-state index in [1.165, 1.54) is 5.56 Å². The van der Waals surface area contributed by atoms with Crippen molar-refractivity contribution in [2.45, 2.75) is 38.8 Å². The van der Waals surface area contributed by atoms with Gasteiger partial charge in [-0.3, -0.25) is 9.88 Å². The van der Waals surface area contributed by atoms with Gasteiger partial charge in [0.25, 0.3) is 0 Å². The van der Waals surface area contributed by atoms with E-state index in [0.717, 1.165) is 58.6 Å². The van der Waals surface area contributed by atoms with Crippen LogP contribution >= 0.6 is 0 Å². The van der Waals surface area contributed by atoms with E-state index in [-0.39, 0.29) is 0 Å². The highest BCUT2D eigenvalue weighted by Crippen LogP contribution is 2.08. The summed E-state index contributed by atoms with van der Waals surface area (Å²) < 4.78 is 5.95. The third-order valence-electron chi connectivity index (χ3n) is 3.86. The van der Waals surface area contributed by atoms with Crippen molar-refractivity contribution in [3.63, 3.8) is 0 Å². The molecule has 0 aromatic carbocycles. The van der Waals surface area contributed by atoms with Gasteiger partial charge in [0, 0.05) is 32.1 Å².